The summed E-state index contributed by atoms with van der Waals surface area (Å²) in [5.41, 5.74) is 1.18. The summed E-state index contributed by atoms with van der Waals surface area (Å²) < 4.78 is 8.72. The molecule has 9 heteroatoms. The van der Waals surface area contributed by atoms with E-state index in [2.05, 4.69) is 15.2 Å². The minimum absolute atomic E-state index is 0.00809. The van der Waals surface area contributed by atoms with Gasteiger partial charge in [-0.2, -0.15) is 4.98 Å². The zero-order valence-electron chi connectivity index (χ0n) is 15.6. The van der Waals surface area contributed by atoms with Crippen LogP contribution in [-0.4, -0.2) is 48.8 Å². The molecule has 0 saturated heterocycles. The van der Waals surface area contributed by atoms with Gasteiger partial charge >= 0.3 is 5.69 Å². The Balaban J connectivity index is 1.69. The molecule has 2 aromatic rings. The highest BCUT2D eigenvalue weighted by atomic mass is 16.5. The number of nitrogens with zero attached hydrogens (tertiary/aromatic N) is 6. The van der Waals surface area contributed by atoms with E-state index >= 15 is 0 Å². The van der Waals surface area contributed by atoms with Gasteiger partial charge in [-0.25, -0.2) is 4.79 Å². The van der Waals surface area contributed by atoms with Crippen molar-refractivity contribution in [2.45, 2.75) is 52.9 Å². The molecule has 1 amide bonds. The van der Waals surface area contributed by atoms with E-state index in [1.165, 1.54) is 4.57 Å². The van der Waals surface area contributed by atoms with Crippen molar-refractivity contribution < 1.29 is 9.53 Å². The molecule has 3 rings (SSSR count). The molecule has 0 aliphatic carbocycles. The molecule has 9 nitrogen and oxygen atoms in total. The Labute approximate surface area is 151 Å². The fourth-order valence-corrected chi connectivity index (χ4v) is 3.44. The number of aromatic nitrogens is 5. The van der Waals surface area contributed by atoms with Crippen molar-refractivity contribution in [3.8, 4) is 0 Å². The van der Waals surface area contributed by atoms with Crippen LogP contribution >= 0.6 is 0 Å². The fourth-order valence-electron chi connectivity index (χ4n) is 3.44. The van der Waals surface area contributed by atoms with Crippen LogP contribution in [0.4, 0.5) is 0 Å². The summed E-state index contributed by atoms with van der Waals surface area (Å²) in [6, 6.07) is 1.92. The van der Waals surface area contributed by atoms with E-state index in [-0.39, 0.29) is 24.1 Å². The summed E-state index contributed by atoms with van der Waals surface area (Å²) in [4.78, 5) is 30.4. The van der Waals surface area contributed by atoms with E-state index < -0.39 is 0 Å². The second kappa shape index (κ2) is 7.36. The first-order valence-electron chi connectivity index (χ1n) is 8.65. The number of aryl methyl sites for hydroxylation is 2. The molecule has 0 N–H and O–H groups in total. The van der Waals surface area contributed by atoms with Gasteiger partial charge < -0.3 is 14.2 Å². The van der Waals surface area contributed by atoms with Gasteiger partial charge in [0.05, 0.1) is 12.6 Å². The van der Waals surface area contributed by atoms with E-state index in [4.69, 9.17) is 4.74 Å². The number of hydrogen-bond acceptors (Lipinski definition) is 6. The topological polar surface area (TPSA) is 95.1 Å². The monoisotopic (exact) mass is 360 g/mol. The maximum Gasteiger partial charge on any atom is 0.347 e. The van der Waals surface area contributed by atoms with Crippen LogP contribution in [0.2, 0.25) is 0 Å². The van der Waals surface area contributed by atoms with Crippen LogP contribution in [0.25, 0.3) is 0 Å². The lowest BCUT2D eigenvalue weighted by molar-refractivity contribution is -0.133. The summed E-state index contributed by atoms with van der Waals surface area (Å²) in [5.74, 6) is 1.52. The number of ether oxygens (including phenoxy) is 1. The number of fused-ring (bicyclic) bond motifs is 1. The first kappa shape index (κ1) is 18.2. The van der Waals surface area contributed by atoms with E-state index in [0.29, 0.717) is 31.9 Å². The summed E-state index contributed by atoms with van der Waals surface area (Å²) in [7, 11) is 1.62. The molecule has 0 aromatic carbocycles. The van der Waals surface area contributed by atoms with Crippen LogP contribution in [0.5, 0.6) is 0 Å². The van der Waals surface area contributed by atoms with Crippen molar-refractivity contribution in [1.29, 1.82) is 0 Å². The van der Waals surface area contributed by atoms with Gasteiger partial charge in [0.1, 0.15) is 6.61 Å². The van der Waals surface area contributed by atoms with Crippen molar-refractivity contribution in [2.24, 2.45) is 0 Å². The number of carbonyl (C=O) groups is 1. The Hall–Kier alpha value is -2.55. The lowest BCUT2D eigenvalue weighted by atomic mass is 10.2. The van der Waals surface area contributed by atoms with Gasteiger partial charge in [-0.3, -0.25) is 9.36 Å². The number of hydrogen-bond donors (Lipinski definition) is 0. The minimum atomic E-state index is -0.314. The second-order valence-electron chi connectivity index (χ2n) is 6.68. The molecule has 0 saturated carbocycles. The molecule has 2 aromatic heterocycles. The summed E-state index contributed by atoms with van der Waals surface area (Å²) in [6.07, 6.45) is 0.247. The molecule has 1 aliphatic heterocycles. The molecule has 1 aliphatic rings. The number of methoxy groups -OCH3 is 1. The Morgan fingerprint density at radius 2 is 2.12 bits per heavy atom. The molecular formula is C17H24N6O3. The van der Waals surface area contributed by atoms with Crippen LogP contribution < -0.4 is 5.69 Å². The van der Waals surface area contributed by atoms with E-state index in [1.807, 2.05) is 24.5 Å². The molecule has 0 spiro atoms. The Morgan fingerprint density at radius 1 is 1.35 bits per heavy atom. The standard InChI is InChI=1S/C17H24N6O3/c1-11-7-12(2)22(17(25)18-11)6-5-16(24)21-8-13(3)23-14(9-21)19-20-15(23)10-26-4/h7,13H,5-6,8-10H2,1-4H3/t13-/m0/s1. The van der Waals surface area contributed by atoms with E-state index in [0.717, 1.165) is 17.3 Å². The maximum atomic E-state index is 12.7. The number of carbonyl (C=O) groups excluding carboxylic acids is 1. The highest BCUT2D eigenvalue weighted by molar-refractivity contribution is 5.76. The van der Waals surface area contributed by atoms with Crippen molar-refractivity contribution in [2.75, 3.05) is 13.7 Å². The first-order chi connectivity index (χ1) is 12.4. The molecule has 3 heterocycles. The SMILES string of the molecule is COCc1nnc2n1[C@@H](C)CN(C(=O)CCn1c(C)cc(C)nc1=O)C2. The van der Waals surface area contributed by atoms with Gasteiger partial charge in [0.2, 0.25) is 5.91 Å². The van der Waals surface area contributed by atoms with Gasteiger partial charge in [-0.1, -0.05) is 0 Å². The van der Waals surface area contributed by atoms with Crippen LogP contribution in [0.1, 0.15) is 42.4 Å². The predicted octanol–water partition coefficient (Wildman–Crippen LogP) is 0.592. The molecule has 140 valence electrons. The number of amides is 1. The fraction of sp³-hybridized carbons (Fsp3) is 0.588. The van der Waals surface area contributed by atoms with Crippen LogP contribution in [0, 0.1) is 13.8 Å². The highest BCUT2D eigenvalue weighted by Gasteiger charge is 2.28. The lowest BCUT2D eigenvalue weighted by Gasteiger charge is -2.32. The quantitative estimate of drug-likeness (QED) is 0.774. The molecular weight excluding hydrogens is 336 g/mol. The average molecular weight is 360 g/mol. The van der Waals surface area contributed by atoms with Crippen molar-refractivity contribution >= 4 is 5.91 Å². The van der Waals surface area contributed by atoms with E-state index in [9.17, 15) is 9.59 Å². The third-order valence-electron chi connectivity index (χ3n) is 4.62. The predicted molar refractivity (Wildman–Crippen MR) is 93.5 cm³/mol. The zero-order chi connectivity index (χ0) is 18.8. The smallest absolute Gasteiger partial charge is 0.347 e. The van der Waals surface area contributed by atoms with Crippen molar-refractivity contribution in [3.63, 3.8) is 0 Å². The third kappa shape index (κ3) is 3.52. The van der Waals surface area contributed by atoms with Crippen molar-refractivity contribution in [3.05, 3.63) is 39.6 Å². The summed E-state index contributed by atoms with van der Waals surface area (Å²) >= 11 is 0. The Kier molecular flexibility index (Phi) is 5.17. The van der Waals surface area contributed by atoms with Gasteiger partial charge in [0, 0.05) is 38.0 Å². The van der Waals surface area contributed by atoms with Crippen molar-refractivity contribution in [1.82, 2.24) is 29.2 Å². The minimum Gasteiger partial charge on any atom is -0.377 e. The van der Waals surface area contributed by atoms with Crippen LogP contribution in [0.15, 0.2) is 10.9 Å². The normalized spacial score (nSPS) is 16.6. The molecule has 26 heavy (non-hydrogen) atoms. The maximum absolute atomic E-state index is 12.7. The molecule has 0 fully saturated rings. The zero-order valence-corrected chi connectivity index (χ0v) is 15.6. The summed E-state index contributed by atoms with van der Waals surface area (Å²) in [6.45, 7) is 7.39. The second-order valence-corrected chi connectivity index (χ2v) is 6.68. The number of rotatable bonds is 5. The highest BCUT2D eigenvalue weighted by Crippen LogP contribution is 2.22. The van der Waals surface area contributed by atoms with Gasteiger partial charge in [-0.15, -0.1) is 10.2 Å². The average Bonchev–Trinajstić information content (AvgIpc) is 2.97. The van der Waals surface area contributed by atoms with Gasteiger partial charge in [-0.05, 0) is 26.8 Å². The molecule has 0 radical (unpaired) electrons. The molecule has 1 atom stereocenters. The Morgan fingerprint density at radius 3 is 2.81 bits per heavy atom. The molecule has 0 unspecified atom stereocenters. The lowest BCUT2D eigenvalue weighted by Crippen LogP contribution is -2.41. The summed E-state index contributed by atoms with van der Waals surface area (Å²) in [5, 5.41) is 8.34. The van der Waals surface area contributed by atoms with Gasteiger partial charge in [0.25, 0.3) is 0 Å². The Bertz CT molecular complexity index is 872. The first-order valence-corrected chi connectivity index (χ1v) is 8.65. The largest absolute Gasteiger partial charge is 0.377 e. The van der Waals surface area contributed by atoms with Crippen LogP contribution in [-0.2, 0) is 29.2 Å². The van der Waals surface area contributed by atoms with Gasteiger partial charge in [0.15, 0.2) is 11.6 Å². The molecule has 0 bridgehead atoms. The van der Waals surface area contributed by atoms with Crippen LogP contribution in [0.3, 0.4) is 0 Å². The third-order valence-corrected chi connectivity index (χ3v) is 4.62. The van der Waals surface area contributed by atoms with E-state index in [1.54, 1.807) is 18.9 Å².